The first-order valence-corrected chi connectivity index (χ1v) is 13.8. The molecule has 0 fully saturated rings. The SMILES string of the molecule is C[CH2][Sn]([CH2]C)([CH2]C)[c]1c(F)oc2ccccc12. The summed E-state index contributed by atoms with van der Waals surface area (Å²) in [7, 11) is 0. The van der Waals surface area contributed by atoms with E-state index in [4.69, 9.17) is 4.42 Å². The predicted molar refractivity (Wildman–Crippen MR) is 73.0 cm³/mol. The van der Waals surface area contributed by atoms with Gasteiger partial charge in [0.05, 0.1) is 0 Å². The second-order valence-electron chi connectivity index (χ2n) is 4.59. The molecule has 0 bridgehead atoms. The van der Waals surface area contributed by atoms with Crippen LogP contribution in [0.4, 0.5) is 4.39 Å². The molecule has 0 saturated heterocycles. The maximum atomic E-state index is 14.1. The Kier molecular flexibility index (Phi) is 3.81. The van der Waals surface area contributed by atoms with E-state index >= 15 is 0 Å². The van der Waals surface area contributed by atoms with Crippen LogP contribution in [0, 0.1) is 6.01 Å². The van der Waals surface area contributed by atoms with Crippen molar-refractivity contribution in [1.82, 2.24) is 0 Å². The van der Waals surface area contributed by atoms with Crippen molar-refractivity contribution in [1.29, 1.82) is 0 Å². The summed E-state index contributed by atoms with van der Waals surface area (Å²) >= 11 is -2.55. The zero-order valence-electron chi connectivity index (χ0n) is 10.7. The Balaban J connectivity index is 2.72. The van der Waals surface area contributed by atoms with Gasteiger partial charge in [-0.15, -0.1) is 0 Å². The molecule has 0 aliphatic heterocycles. The number of rotatable bonds is 4. The van der Waals surface area contributed by atoms with Crippen LogP contribution < -0.4 is 3.58 Å². The molecule has 0 N–H and O–H groups in total. The van der Waals surface area contributed by atoms with Gasteiger partial charge in [-0.2, -0.15) is 0 Å². The van der Waals surface area contributed by atoms with E-state index in [1.807, 2.05) is 24.3 Å². The molecule has 0 saturated carbocycles. The quantitative estimate of drug-likeness (QED) is 0.757. The van der Waals surface area contributed by atoms with E-state index in [-0.39, 0.29) is 6.01 Å². The van der Waals surface area contributed by atoms with Crippen LogP contribution in [-0.4, -0.2) is 18.4 Å². The third-order valence-electron chi connectivity index (χ3n) is 4.11. The second-order valence-corrected chi connectivity index (χ2v) is 19.4. The number of benzene rings is 1. The van der Waals surface area contributed by atoms with Crippen molar-refractivity contribution < 1.29 is 8.81 Å². The van der Waals surface area contributed by atoms with E-state index in [0.717, 1.165) is 22.3 Å². The van der Waals surface area contributed by atoms with Crippen LogP contribution in [0.1, 0.15) is 20.8 Å². The fraction of sp³-hybridized carbons (Fsp3) is 0.429. The third kappa shape index (κ3) is 2.01. The van der Waals surface area contributed by atoms with Crippen LogP contribution >= 0.6 is 0 Å². The number of halogens is 1. The fourth-order valence-electron chi connectivity index (χ4n) is 2.79. The minimum absolute atomic E-state index is 0.312. The van der Waals surface area contributed by atoms with Crippen molar-refractivity contribution in [3.63, 3.8) is 0 Å². The van der Waals surface area contributed by atoms with Gasteiger partial charge in [-0.3, -0.25) is 0 Å². The summed E-state index contributed by atoms with van der Waals surface area (Å²) in [6, 6.07) is 7.42. The molecule has 0 atom stereocenters. The number of fused-ring (bicyclic) bond motifs is 1. The van der Waals surface area contributed by atoms with Gasteiger partial charge in [-0.1, -0.05) is 0 Å². The van der Waals surface area contributed by atoms with Crippen molar-refractivity contribution >= 4 is 32.9 Å². The first kappa shape index (κ1) is 12.9. The monoisotopic (exact) mass is 342 g/mol. The van der Waals surface area contributed by atoms with E-state index in [9.17, 15) is 4.39 Å². The summed E-state index contributed by atoms with van der Waals surface area (Å²) in [6.45, 7) is 6.64. The van der Waals surface area contributed by atoms with E-state index in [1.54, 1.807) is 0 Å². The van der Waals surface area contributed by atoms with Crippen molar-refractivity contribution in [2.24, 2.45) is 0 Å². The maximum absolute atomic E-state index is 14.1. The van der Waals surface area contributed by atoms with E-state index in [1.165, 1.54) is 0 Å². The van der Waals surface area contributed by atoms with Gasteiger partial charge in [0.1, 0.15) is 0 Å². The number of furan rings is 1. The summed E-state index contributed by atoms with van der Waals surface area (Å²) in [4.78, 5) is 0. The average molecular weight is 341 g/mol. The first-order chi connectivity index (χ1) is 8.18. The summed E-state index contributed by atoms with van der Waals surface area (Å²) < 4.78 is 23.8. The Bertz CT molecular complexity index is 506. The van der Waals surface area contributed by atoms with Crippen LogP contribution in [0.3, 0.4) is 0 Å². The molecule has 2 rings (SSSR count). The van der Waals surface area contributed by atoms with Crippen LogP contribution in [0.25, 0.3) is 11.0 Å². The molecule has 2 aromatic rings. The van der Waals surface area contributed by atoms with Gasteiger partial charge >= 0.3 is 106 Å². The molecule has 1 heterocycles. The van der Waals surface area contributed by atoms with Gasteiger partial charge in [-0.05, 0) is 0 Å². The molecule has 3 heteroatoms. The van der Waals surface area contributed by atoms with Gasteiger partial charge in [0.15, 0.2) is 0 Å². The van der Waals surface area contributed by atoms with Crippen molar-refractivity contribution in [3.05, 3.63) is 30.3 Å². The van der Waals surface area contributed by atoms with Gasteiger partial charge in [0.2, 0.25) is 0 Å². The van der Waals surface area contributed by atoms with Crippen LogP contribution in [0.15, 0.2) is 28.7 Å². The van der Waals surface area contributed by atoms with Gasteiger partial charge < -0.3 is 0 Å². The van der Waals surface area contributed by atoms with Gasteiger partial charge in [-0.25, -0.2) is 0 Å². The summed E-state index contributed by atoms with van der Waals surface area (Å²) in [6.07, 6.45) is 0. The standard InChI is InChI=1S/C8H4FO.3C2H5.Sn/c9-8-5-6-3-1-2-4-7(6)10-8;3*1-2;/h1-4H;3*1H2,2H3;. The second kappa shape index (κ2) is 5.00. The van der Waals surface area contributed by atoms with Crippen LogP contribution in [0.5, 0.6) is 0 Å². The summed E-state index contributed by atoms with van der Waals surface area (Å²) in [5, 5.41) is 1.02. The Morgan fingerprint density at radius 1 is 1.06 bits per heavy atom. The Labute approximate surface area is 106 Å². The molecule has 0 aliphatic rings. The van der Waals surface area contributed by atoms with Crippen molar-refractivity contribution in [3.8, 4) is 0 Å². The molecule has 92 valence electrons. The topological polar surface area (TPSA) is 13.1 Å². The molecular formula is C14H19FOSn. The Morgan fingerprint density at radius 2 is 1.65 bits per heavy atom. The number of hydrogen-bond acceptors (Lipinski definition) is 1. The predicted octanol–water partition coefficient (Wildman–Crippen LogP) is 4.29. The Morgan fingerprint density at radius 3 is 2.24 bits per heavy atom. The zero-order valence-corrected chi connectivity index (χ0v) is 13.6. The van der Waals surface area contributed by atoms with E-state index in [2.05, 4.69) is 20.8 Å². The minimum atomic E-state index is -2.55. The molecule has 0 spiro atoms. The molecule has 0 radical (unpaired) electrons. The molecule has 1 nitrogen and oxygen atoms in total. The molecule has 0 unspecified atom stereocenters. The van der Waals surface area contributed by atoms with Crippen molar-refractivity contribution in [2.45, 2.75) is 34.1 Å². The normalized spacial score (nSPS) is 12.2. The molecule has 17 heavy (non-hydrogen) atoms. The number of para-hydroxylation sites is 1. The first-order valence-electron chi connectivity index (χ1n) is 6.36. The molecular weight excluding hydrogens is 322 g/mol. The Hall–Kier alpha value is -0.511. The third-order valence-corrected chi connectivity index (χ3v) is 20.1. The molecule has 0 aliphatic carbocycles. The van der Waals surface area contributed by atoms with Crippen LogP contribution in [0.2, 0.25) is 13.3 Å². The molecule has 1 aromatic heterocycles. The van der Waals surface area contributed by atoms with Crippen LogP contribution in [-0.2, 0) is 0 Å². The van der Waals surface area contributed by atoms with E-state index in [0.29, 0.717) is 5.58 Å². The summed E-state index contributed by atoms with van der Waals surface area (Å²) in [5.74, 6) is 0. The fourth-order valence-corrected chi connectivity index (χ4v) is 13.7. The van der Waals surface area contributed by atoms with Gasteiger partial charge in [0.25, 0.3) is 0 Å². The van der Waals surface area contributed by atoms with Crippen molar-refractivity contribution in [2.75, 3.05) is 0 Å². The van der Waals surface area contributed by atoms with E-state index < -0.39 is 18.4 Å². The number of hydrogen-bond donors (Lipinski definition) is 0. The zero-order chi connectivity index (χ0) is 12.5. The molecule has 1 aromatic carbocycles. The average Bonchev–Trinajstić information content (AvgIpc) is 2.70. The molecule has 0 amide bonds. The van der Waals surface area contributed by atoms with Gasteiger partial charge in [0, 0.05) is 0 Å². The summed E-state index contributed by atoms with van der Waals surface area (Å²) in [5.41, 5.74) is 0.705.